The molecule has 0 aliphatic carbocycles. The number of anilines is 3. The normalized spacial score (nSPS) is 10.1. The maximum absolute atomic E-state index is 12.1. The van der Waals surface area contributed by atoms with Crippen molar-refractivity contribution in [1.29, 1.82) is 0 Å². The van der Waals surface area contributed by atoms with Gasteiger partial charge in [0.15, 0.2) is 0 Å². The molecule has 29 heavy (non-hydrogen) atoms. The van der Waals surface area contributed by atoms with Gasteiger partial charge in [-0.05, 0) is 31.2 Å². The third-order valence-electron chi connectivity index (χ3n) is 3.64. The van der Waals surface area contributed by atoms with Crippen LogP contribution in [0.2, 0.25) is 0 Å². The summed E-state index contributed by atoms with van der Waals surface area (Å²) in [6, 6.07) is 11.8. The number of nitro groups is 1. The largest absolute Gasteiger partial charge is 0.492 e. The summed E-state index contributed by atoms with van der Waals surface area (Å²) in [4.78, 5) is 34.8. The average Bonchev–Trinajstić information content (AvgIpc) is 2.74. The molecule has 2 aromatic heterocycles. The fourth-order valence-corrected chi connectivity index (χ4v) is 2.39. The average molecular weight is 395 g/mol. The van der Waals surface area contributed by atoms with Crippen molar-refractivity contribution < 1.29 is 14.5 Å². The third-order valence-corrected chi connectivity index (χ3v) is 3.64. The standard InChI is InChI=1S/C18H17N7O4/c1-2-29-14-9-4-3-7-12(14)22-16-15(25(27)28)17(21-11-20-16)23-24-18(26)13-8-5-6-10-19-13/h3-11H,2H2,1H3,(H,24,26)(H2,20,21,22,23). The molecule has 0 fully saturated rings. The summed E-state index contributed by atoms with van der Waals surface area (Å²) in [5.74, 6) is -0.312. The quantitative estimate of drug-likeness (QED) is 0.387. The molecule has 3 aromatic rings. The zero-order valence-electron chi connectivity index (χ0n) is 15.3. The number of aromatic nitrogens is 3. The van der Waals surface area contributed by atoms with E-state index in [1.54, 1.807) is 36.4 Å². The Morgan fingerprint density at radius 2 is 1.86 bits per heavy atom. The lowest BCUT2D eigenvalue weighted by Crippen LogP contribution is -2.31. The number of carbonyl (C=O) groups excluding carboxylic acids is 1. The first-order valence-electron chi connectivity index (χ1n) is 8.55. The van der Waals surface area contributed by atoms with Crippen LogP contribution in [0.1, 0.15) is 17.4 Å². The van der Waals surface area contributed by atoms with E-state index in [-0.39, 0.29) is 17.3 Å². The first kappa shape index (κ1) is 19.5. The van der Waals surface area contributed by atoms with Crippen LogP contribution in [0.4, 0.5) is 23.0 Å². The number of hydrazine groups is 1. The summed E-state index contributed by atoms with van der Waals surface area (Å²) in [6.45, 7) is 2.26. The van der Waals surface area contributed by atoms with Crippen LogP contribution in [0.15, 0.2) is 55.0 Å². The van der Waals surface area contributed by atoms with Crippen molar-refractivity contribution in [2.75, 3.05) is 17.3 Å². The van der Waals surface area contributed by atoms with Gasteiger partial charge < -0.3 is 10.1 Å². The number of amides is 1. The van der Waals surface area contributed by atoms with E-state index in [9.17, 15) is 14.9 Å². The Balaban J connectivity index is 1.85. The monoisotopic (exact) mass is 395 g/mol. The van der Waals surface area contributed by atoms with Crippen molar-refractivity contribution in [1.82, 2.24) is 20.4 Å². The molecule has 11 nitrogen and oxygen atoms in total. The summed E-state index contributed by atoms with van der Waals surface area (Å²) in [5.41, 5.74) is 4.98. The van der Waals surface area contributed by atoms with Gasteiger partial charge in [0, 0.05) is 6.20 Å². The molecule has 2 heterocycles. The third kappa shape index (κ3) is 4.71. The number of benzene rings is 1. The molecule has 1 aromatic carbocycles. The Hall–Kier alpha value is -4.28. The zero-order chi connectivity index (χ0) is 20.6. The molecular formula is C18H17N7O4. The van der Waals surface area contributed by atoms with E-state index in [0.29, 0.717) is 18.0 Å². The maximum Gasteiger partial charge on any atom is 0.355 e. The number of hydrogen-bond donors (Lipinski definition) is 3. The lowest BCUT2D eigenvalue weighted by atomic mass is 10.3. The molecule has 3 N–H and O–H groups in total. The smallest absolute Gasteiger partial charge is 0.355 e. The van der Waals surface area contributed by atoms with Gasteiger partial charge in [0.05, 0.1) is 17.2 Å². The molecule has 0 atom stereocenters. The number of ether oxygens (including phenoxy) is 1. The second-order valence-corrected chi connectivity index (χ2v) is 5.52. The summed E-state index contributed by atoms with van der Waals surface area (Å²) in [6.07, 6.45) is 2.59. The van der Waals surface area contributed by atoms with Crippen LogP contribution in [0.3, 0.4) is 0 Å². The summed E-state index contributed by atoms with van der Waals surface area (Å²) in [5, 5.41) is 14.5. The van der Waals surface area contributed by atoms with Crippen molar-refractivity contribution in [3.05, 3.63) is 70.8 Å². The molecule has 0 saturated heterocycles. The molecule has 3 rings (SSSR count). The lowest BCUT2D eigenvalue weighted by molar-refractivity contribution is -0.383. The molecule has 0 aliphatic rings. The SMILES string of the molecule is CCOc1ccccc1Nc1ncnc(NNC(=O)c2ccccn2)c1[N+](=O)[O-]. The molecule has 0 aliphatic heterocycles. The summed E-state index contributed by atoms with van der Waals surface area (Å²) >= 11 is 0. The molecule has 0 unspecified atom stereocenters. The van der Waals surface area contributed by atoms with Crippen LogP contribution >= 0.6 is 0 Å². The Bertz CT molecular complexity index is 1010. The van der Waals surface area contributed by atoms with Gasteiger partial charge in [-0.2, -0.15) is 0 Å². The van der Waals surface area contributed by atoms with Gasteiger partial charge in [-0.15, -0.1) is 0 Å². The van der Waals surface area contributed by atoms with Crippen LogP contribution in [-0.4, -0.2) is 32.4 Å². The highest BCUT2D eigenvalue weighted by Crippen LogP contribution is 2.33. The fourth-order valence-electron chi connectivity index (χ4n) is 2.39. The number of nitrogens with zero attached hydrogens (tertiary/aromatic N) is 4. The molecular weight excluding hydrogens is 378 g/mol. The number of hydrogen-bond acceptors (Lipinski definition) is 9. The molecule has 148 valence electrons. The molecule has 0 radical (unpaired) electrons. The predicted octanol–water partition coefficient (Wildman–Crippen LogP) is 2.68. The number of rotatable bonds is 8. The van der Waals surface area contributed by atoms with Crippen molar-refractivity contribution in [3.63, 3.8) is 0 Å². The van der Waals surface area contributed by atoms with Gasteiger partial charge in [0.2, 0.25) is 11.6 Å². The molecule has 11 heteroatoms. The van der Waals surface area contributed by atoms with Crippen molar-refractivity contribution in [2.24, 2.45) is 0 Å². The van der Waals surface area contributed by atoms with E-state index in [0.717, 1.165) is 6.33 Å². The maximum atomic E-state index is 12.1. The number of nitrogens with one attached hydrogen (secondary N) is 3. The van der Waals surface area contributed by atoms with E-state index in [1.165, 1.54) is 12.3 Å². The van der Waals surface area contributed by atoms with Crippen molar-refractivity contribution in [3.8, 4) is 5.75 Å². The molecule has 1 amide bonds. The predicted molar refractivity (Wildman–Crippen MR) is 105 cm³/mol. The highest BCUT2D eigenvalue weighted by atomic mass is 16.6. The minimum atomic E-state index is -0.652. The number of carbonyl (C=O) groups is 1. The van der Waals surface area contributed by atoms with E-state index < -0.39 is 16.5 Å². The zero-order valence-corrected chi connectivity index (χ0v) is 15.3. The first-order chi connectivity index (χ1) is 14.1. The molecule has 0 saturated carbocycles. The first-order valence-corrected chi connectivity index (χ1v) is 8.55. The number of pyridine rings is 1. The minimum absolute atomic E-state index is 0.0632. The van der Waals surface area contributed by atoms with E-state index >= 15 is 0 Å². The highest BCUT2D eigenvalue weighted by molar-refractivity contribution is 5.93. The Morgan fingerprint density at radius 1 is 1.10 bits per heavy atom. The Kier molecular flexibility index (Phi) is 6.10. The lowest BCUT2D eigenvalue weighted by Gasteiger charge is -2.13. The van der Waals surface area contributed by atoms with Crippen molar-refractivity contribution in [2.45, 2.75) is 6.92 Å². The second-order valence-electron chi connectivity index (χ2n) is 5.52. The minimum Gasteiger partial charge on any atom is -0.492 e. The van der Waals surface area contributed by atoms with Crippen LogP contribution in [-0.2, 0) is 0 Å². The van der Waals surface area contributed by atoms with E-state index in [2.05, 4.69) is 31.1 Å². The Labute approximate surface area is 165 Å². The van der Waals surface area contributed by atoms with Gasteiger partial charge in [0.25, 0.3) is 5.91 Å². The van der Waals surface area contributed by atoms with Crippen LogP contribution in [0.25, 0.3) is 0 Å². The fraction of sp³-hybridized carbons (Fsp3) is 0.111. The molecule has 0 spiro atoms. The van der Waals surface area contributed by atoms with Crippen LogP contribution in [0.5, 0.6) is 5.75 Å². The highest BCUT2D eigenvalue weighted by Gasteiger charge is 2.24. The van der Waals surface area contributed by atoms with Gasteiger partial charge in [-0.25, -0.2) is 9.97 Å². The van der Waals surface area contributed by atoms with Crippen molar-refractivity contribution >= 4 is 28.9 Å². The Morgan fingerprint density at radius 3 is 2.59 bits per heavy atom. The van der Waals surface area contributed by atoms with E-state index in [1.807, 2.05) is 6.92 Å². The molecule has 0 bridgehead atoms. The van der Waals surface area contributed by atoms with Gasteiger partial charge in [0.1, 0.15) is 17.8 Å². The second kappa shape index (κ2) is 9.08. The summed E-state index contributed by atoms with van der Waals surface area (Å²) < 4.78 is 5.51. The topological polar surface area (TPSA) is 144 Å². The summed E-state index contributed by atoms with van der Waals surface area (Å²) in [7, 11) is 0. The van der Waals surface area contributed by atoms with E-state index in [4.69, 9.17) is 4.74 Å². The van der Waals surface area contributed by atoms with Gasteiger partial charge in [-0.1, -0.05) is 18.2 Å². The van der Waals surface area contributed by atoms with Crippen LogP contribution < -0.4 is 20.9 Å². The van der Waals surface area contributed by atoms with Gasteiger partial charge in [-0.3, -0.25) is 30.7 Å². The van der Waals surface area contributed by atoms with Gasteiger partial charge >= 0.3 is 5.69 Å². The number of para-hydroxylation sites is 2. The van der Waals surface area contributed by atoms with Crippen LogP contribution in [0, 0.1) is 10.1 Å².